The summed E-state index contributed by atoms with van der Waals surface area (Å²) in [7, 11) is -4.47. The number of hydrogen-bond acceptors (Lipinski definition) is 6. The molecule has 0 saturated carbocycles. The predicted octanol–water partition coefficient (Wildman–Crippen LogP) is 3.14. The van der Waals surface area contributed by atoms with Crippen LogP contribution in [0, 0.1) is 0 Å². The maximum atomic E-state index is 13.1. The Labute approximate surface area is 193 Å². The smallest absolute Gasteiger partial charge is 0.264 e. The number of sulfonamides is 2. The minimum Gasteiger partial charge on any atom is -0.497 e. The van der Waals surface area contributed by atoms with Gasteiger partial charge in [0.05, 0.1) is 29.6 Å². The number of anilines is 3. The lowest BCUT2D eigenvalue weighted by molar-refractivity contribution is 0.102. The Morgan fingerprint density at radius 1 is 0.879 bits per heavy atom. The highest BCUT2D eigenvalue weighted by molar-refractivity contribution is 7.92. The quantitative estimate of drug-likeness (QED) is 0.501. The van der Waals surface area contributed by atoms with Gasteiger partial charge in [0.15, 0.2) is 0 Å². The van der Waals surface area contributed by atoms with Crippen molar-refractivity contribution < 1.29 is 26.4 Å². The Bertz CT molecular complexity index is 1370. The van der Waals surface area contributed by atoms with Crippen molar-refractivity contribution in [2.45, 2.75) is 4.90 Å². The Morgan fingerprint density at radius 3 is 2.15 bits per heavy atom. The van der Waals surface area contributed by atoms with Crippen LogP contribution in [0.4, 0.5) is 17.1 Å². The maximum Gasteiger partial charge on any atom is 0.264 e. The van der Waals surface area contributed by atoms with Crippen molar-refractivity contribution in [1.29, 1.82) is 0 Å². The highest BCUT2D eigenvalue weighted by Gasteiger charge is 2.22. The van der Waals surface area contributed by atoms with E-state index in [0.29, 0.717) is 17.1 Å². The van der Waals surface area contributed by atoms with Gasteiger partial charge in [-0.15, -0.1) is 0 Å². The van der Waals surface area contributed by atoms with Gasteiger partial charge in [0, 0.05) is 18.3 Å². The van der Waals surface area contributed by atoms with Gasteiger partial charge in [-0.1, -0.05) is 12.1 Å². The fraction of sp³-hybridized carbons (Fsp3) is 0.136. The van der Waals surface area contributed by atoms with Crippen LogP contribution >= 0.6 is 0 Å². The standard InChI is InChI=1S/C22H23N3O6S2/c1-25(19-10-12-20(31-2)13-11-19)33(29,30)21-9-4-6-16(14-21)22(26)23-17-7-5-8-18(15-17)24-32(3,27)28/h4-15,24H,1-3H3,(H,23,26). The maximum absolute atomic E-state index is 13.1. The summed E-state index contributed by atoms with van der Waals surface area (Å²) in [5, 5.41) is 2.64. The highest BCUT2D eigenvalue weighted by Crippen LogP contribution is 2.25. The summed E-state index contributed by atoms with van der Waals surface area (Å²) in [6.45, 7) is 0. The summed E-state index contributed by atoms with van der Waals surface area (Å²) in [5.41, 5.74) is 1.19. The summed E-state index contributed by atoms with van der Waals surface area (Å²) in [4.78, 5) is 12.7. The lowest BCUT2D eigenvalue weighted by Crippen LogP contribution is -2.26. The van der Waals surface area contributed by atoms with Crippen molar-refractivity contribution in [1.82, 2.24) is 0 Å². The van der Waals surface area contributed by atoms with Crippen molar-refractivity contribution in [3.05, 3.63) is 78.4 Å². The number of nitrogens with zero attached hydrogens (tertiary/aromatic N) is 1. The molecule has 9 nitrogen and oxygen atoms in total. The number of benzene rings is 3. The molecule has 2 N–H and O–H groups in total. The van der Waals surface area contributed by atoms with E-state index in [0.717, 1.165) is 10.6 Å². The van der Waals surface area contributed by atoms with E-state index in [4.69, 9.17) is 4.74 Å². The molecule has 174 valence electrons. The van der Waals surface area contributed by atoms with Crippen LogP contribution in [0.2, 0.25) is 0 Å². The highest BCUT2D eigenvalue weighted by atomic mass is 32.2. The Morgan fingerprint density at radius 2 is 1.52 bits per heavy atom. The average Bonchev–Trinajstić information content (AvgIpc) is 2.77. The van der Waals surface area contributed by atoms with Gasteiger partial charge in [-0.05, 0) is 60.7 Å². The molecule has 3 rings (SSSR count). The lowest BCUT2D eigenvalue weighted by Gasteiger charge is -2.20. The van der Waals surface area contributed by atoms with Gasteiger partial charge in [0.1, 0.15) is 5.75 Å². The van der Waals surface area contributed by atoms with Gasteiger partial charge in [-0.25, -0.2) is 16.8 Å². The van der Waals surface area contributed by atoms with E-state index in [1.807, 2.05) is 0 Å². The van der Waals surface area contributed by atoms with Gasteiger partial charge in [-0.3, -0.25) is 13.8 Å². The number of hydrogen-bond donors (Lipinski definition) is 2. The molecule has 33 heavy (non-hydrogen) atoms. The van der Waals surface area contributed by atoms with Crippen LogP contribution in [0.5, 0.6) is 5.75 Å². The molecule has 3 aromatic rings. The second-order valence-corrected chi connectivity index (χ2v) is 10.8. The summed E-state index contributed by atoms with van der Waals surface area (Å²) in [5.74, 6) is 0.0506. The van der Waals surface area contributed by atoms with Gasteiger partial charge in [0.2, 0.25) is 10.0 Å². The molecule has 0 radical (unpaired) electrons. The molecule has 0 aliphatic heterocycles. The number of amides is 1. The third-order valence-corrected chi connectivity index (χ3v) is 7.00. The number of methoxy groups -OCH3 is 1. The van der Waals surface area contributed by atoms with Crippen LogP contribution in [-0.4, -0.2) is 43.2 Å². The molecule has 0 fully saturated rings. The molecule has 1 amide bonds. The Kier molecular flexibility index (Phi) is 6.94. The van der Waals surface area contributed by atoms with E-state index in [9.17, 15) is 21.6 Å². The zero-order valence-electron chi connectivity index (χ0n) is 18.1. The van der Waals surface area contributed by atoms with Gasteiger partial charge >= 0.3 is 0 Å². The molecule has 0 aromatic heterocycles. The van der Waals surface area contributed by atoms with Crippen LogP contribution in [0.1, 0.15) is 10.4 Å². The molecule has 0 atom stereocenters. The van der Waals surface area contributed by atoms with Crippen molar-refractivity contribution in [3.63, 3.8) is 0 Å². The zero-order valence-corrected chi connectivity index (χ0v) is 19.8. The van der Waals surface area contributed by atoms with E-state index < -0.39 is 26.0 Å². The number of ether oxygens (including phenoxy) is 1. The average molecular weight is 490 g/mol. The van der Waals surface area contributed by atoms with E-state index in [1.165, 1.54) is 44.5 Å². The minimum atomic E-state index is -3.93. The van der Waals surface area contributed by atoms with Crippen LogP contribution in [0.15, 0.2) is 77.7 Å². The third kappa shape index (κ3) is 6.02. The second-order valence-electron chi connectivity index (χ2n) is 7.11. The molecular weight excluding hydrogens is 466 g/mol. The predicted molar refractivity (Wildman–Crippen MR) is 128 cm³/mol. The second kappa shape index (κ2) is 9.51. The van der Waals surface area contributed by atoms with E-state index >= 15 is 0 Å². The summed E-state index contributed by atoms with van der Waals surface area (Å²) in [6, 6.07) is 18.3. The molecule has 0 bridgehead atoms. The molecular formula is C22H23N3O6S2. The number of carbonyl (C=O) groups excluding carboxylic acids is 1. The Balaban J connectivity index is 1.82. The van der Waals surface area contributed by atoms with Gasteiger partial charge in [-0.2, -0.15) is 0 Å². The van der Waals surface area contributed by atoms with Gasteiger partial charge in [0.25, 0.3) is 15.9 Å². The number of nitrogens with one attached hydrogen (secondary N) is 2. The SMILES string of the molecule is COc1ccc(N(C)S(=O)(=O)c2cccc(C(=O)Nc3cccc(NS(C)(=O)=O)c3)c2)cc1. The van der Waals surface area contributed by atoms with E-state index in [2.05, 4.69) is 10.0 Å². The molecule has 0 aliphatic carbocycles. The molecule has 11 heteroatoms. The molecule has 0 heterocycles. The summed E-state index contributed by atoms with van der Waals surface area (Å²) >= 11 is 0. The lowest BCUT2D eigenvalue weighted by atomic mass is 10.2. The molecule has 0 spiro atoms. The van der Waals surface area contributed by atoms with Crippen molar-refractivity contribution in [2.24, 2.45) is 0 Å². The Hall–Kier alpha value is -3.57. The minimum absolute atomic E-state index is 0.0547. The topological polar surface area (TPSA) is 122 Å². The first-order valence-electron chi connectivity index (χ1n) is 9.62. The summed E-state index contributed by atoms with van der Waals surface area (Å²) in [6.07, 6.45) is 1.02. The van der Waals surface area contributed by atoms with Crippen molar-refractivity contribution >= 4 is 43.0 Å². The fourth-order valence-corrected chi connectivity index (χ4v) is 4.76. The molecule has 3 aromatic carbocycles. The van der Waals surface area contributed by atoms with Crippen LogP contribution in [0.3, 0.4) is 0 Å². The van der Waals surface area contributed by atoms with E-state index in [-0.39, 0.29) is 16.1 Å². The first-order valence-corrected chi connectivity index (χ1v) is 12.9. The monoisotopic (exact) mass is 489 g/mol. The summed E-state index contributed by atoms with van der Waals surface area (Å²) < 4.78 is 57.6. The van der Waals surface area contributed by atoms with Gasteiger partial charge < -0.3 is 10.1 Å². The molecule has 0 aliphatic rings. The molecule has 0 saturated heterocycles. The van der Waals surface area contributed by atoms with Crippen LogP contribution < -0.4 is 19.1 Å². The van der Waals surface area contributed by atoms with Crippen LogP contribution in [-0.2, 0) is 20.0 Å². The zero-order chi connectivity index (χ0) is 24.2. The van der Waals surface area contributed by atoms with Crippen molar-refractivity contribution in [3.8, 4) is 5.75 Å². The largest absolute Gasteiger partial charge is 0.497 e. The van der Waals surface area contributed by atoms with Crippen LogP contribution in [0.25, 0.3) is 0 Å². The third-order valence-electron chi connectivity index (χ3n) is 4.61. The molecule has 0 unspecified atom stereocenters. The normalized spacial score (nSPS) is 11.5. The number of rotatable bonds is 8. The first-order chi connectivity index (χ1) is 15.5. The van der Waals surface area contributed by atoms with E-state index in [1.54, 1.807) is 42.5 Å². The first kappa shape index (κ1) is 24.1. The fourth-order valence-electron chi connectivity index (χ4n) is 2.96. The number of carbonyl (C=O) groups is 1. The van der Waals surface area contributed by atoms with Crippen molar-refractivity contribution in [2.75, 3.05) is 34.8 Å².